The van der Waals surface area contributed by atoms with E-state index in [1.165, 1.54) is 0 Å². The molecular weight excluding hydrogens is 434 g/mol. The van der Waals surface area contributed by atoms with Crippen molar-refractivity contribution in [3.63, 3.8) is 0 Å². The molecule has 1 heterocycles. The van der Waals surface area contributed by atoms with E-state index in [0.717, 1.165) is 22.4 Å². The van der Waals surface area contributed by atoms with Gasteiger partial charge in [-0.05, 0) is 57.9 Å². The maximum atomic E-state index is 14.2. The number of rotatable bonds is 4. The van der Waals surface area contributed by atoms with Gasteiger partial charge >= 0.3 is 0 Å². The van der Waals surface area contributed by atoms with Gasteiger partial charge in [-0.2, -0.15) is 0 Å². The second kappa shape index (κ2) is 9.87. The van der Waals surface area contributed by atoms with Crippen LogP contribution in [0.25, 0.3) is 0 Å². The molecule has 2 amide bonds. The van der Waals surface area contributed by atoms with Gasteiger partial charge in [0.05, 0.1) is 17.4 Å². The molecule has 0 aliphatic carbocycles. The van der Waals surface area contributed by atoms with Crippen LogP contribution in [0.3, 0.4) is 0 Å². The average molecular weight is 468 g/mol. The van der Waals surface area contributed by atoms with Crippen molar-refractivity contribution in [2.75, 3.05) is 0 Å². The predicted molar refractivity (Wildman–Crippen MR) is 141 cm³/mol. The third kappa shape index (κ3) is 5.19. The van der Waals surface area contributed by atoms with E-state index in [1.54, 1.807) is 4.90 Å². The van der Waals surface area contributed by atoms with Crippen molar-refractivity contribution in [2.24, 2.45) is 4.99 Å². The summed E-state index contributed by atoms with van der Waals surface area (Å²) in [5, 5.41) is 3.12. The molecule has 0 saturated heterocycles. The fourth-order valence-corrected chi connectivity index (χ4v) is 4.55. The molecule has 1 aliphatic heterocycles. The van der Waals surface area contributed by atoms with Crippen LogP contribution in [0.1, 0.15) is 67.2 Å². The lowest BCUT2D eigenvalue weighted by atomic mass is 9.94. The van der Waals surface area contributed by atoms with Crippen molar-refractivity contribution in [1.29, 1.82) is 0 Å². The molecule has 0 saturated carbocycles. The molecule has 5 heteroatoms. The molecule has 0 bridgehead atoms. The molecule has 3 aromatic rings. The summed E-state index contributed by atoms with van der Waals surface area (Å²) < 4.78 is 0. The smallest absolute Gasteiger partial charge is 0.255 e. The first-order valence-corrected chi connectivity index (χ1v) is 12.1. The van der Waals surface area contributed by atoms with E-state index in [0.29, 0.717) is 17.7 Å². The Morgan fingerprint density at radius 1 is 0.914 bits per heavy atom. The highest BCUT2D eigenvalue weighted by Gasteiger charge is 2.42. The second-order valence-corrected chi connectivity index (χ2v) is 10.1. The van der Waals surface area contributed by atoms with Crippen LogP contribution in [0.2, 0.25) is 0 Å². The summed E-state index contributed by atoms with van der Waals surface area (Å²) in [6.07, 6.45) is 0.610. The summed E-state index contributed by atoms with van der Waals surface area (Å²) in [4.78, 5) is 34.9. The number of aliphatic imine (C=N–C) groups is 1. The number of carbonyl (C=O) groups is 2. The number of aryl methyl sites for hydroxylation is 1. The maximum absolute atomic E-state index is 14.2. The number of carbonyl (C=O) groups excluding carboxylic acids is 2. The van der Waals surface area contributed by atoms with Gasteiger partial charge < -0.3 is 10.2 Å². The van der Waals surface area contributed by atoms with Crippen LogP contribution in [-0.4, -0.2) is 34.0 Å². The molecule has 35 heavy (non-hydrogen) atoms. The predicted octanol–water partition coefficient (Wildman–Crippen LogP) is 6.01. The number of fused-ring (bicyclic) bond motifs is 1. The fraction of sp³-hybridized carbons (Fsp3) is 0.300. The van der Waals surface area contributed by atoms with E-state index >= 15 is 0 Å². The first-order valence-electron chi connectivity index (χ1n) is 12.1. The highest BCUT2D eigenvalue weighted by atomic mass is 16.2. The van der Waals surface area contributed by atoms with Gasteiger partial charge in [-0.1, -0.05) is 73.2 Å². The number of hydrogen-bond donors (Lipinski definition) is 1. The summed E-state index contributed by atoms with van der Waals surface area (Å²) in [5.74, 6) is -0.403. The van der Waals surface area contributed by atoms with Crippen LogP contribution in [0.5, 0.6) is 0 Å². The SMILES string of the molecule is CCC1C(c2ccccc2)=Nc2ccccc2C(C(=O)NC(C)(C)C)N1C(=O)c1ccc(C)cc1. The maximum Gasteiger partial charge on any atom is 0.255 e. The number of amides is 2. The van der Waals surface area contributed by atoms with Crippen LogP contribution < -0.4 is 5.32 Å². The summed E-state index contributed by atoms with van der Waals surface area (Å²) in [7, 11) is 0. The van der Waals surface area contributed by atoms with Crippen LogP contribution in [-0.2, 0) is 4.79 Å². The van der Waals surface area contributed by atoms with E-state index in [9.17, 15) is 9.59 Å². The van der Waals surface area contributed by atoms with Gasteiger partial charge in [0, 0.05) is 16.7 Å². The van der Waals surface area contributed by atoms with Gasteiger partial charge in [0.15, 0.2) is 0 Å². The molecule has 3 aromatic carbocycles. The molecule has 4 rings (SSSR count). The second-order valence-electron chi connectivity index (χ2n) is 10.1. The summed E-state index contributed by atoms with van der Waals surface area (Å²) in [5.41, 5.74) is 4.32. The summed E-state index contributed by atoms with van der Waals surface area (Å²) >= 11 is 0. The molecular formula is C30H33N3O2. The highest BCUT2D eigenvalue weighted by molar-refractivity contribution is 6.10. The standard InChI is InChI=1S/C30H33N3O2/c1-6-25-26(21-12-8-7-9-13-21)31-24-15-11-10-14-23(24)27(28(34)32-30(3,4)5)33(25)29(35)22-18-16-20(2)17-19-22/h7-19,25,27H,6H2,1-5H3,(H,32,34). The Hall–Kier alpha value is -3.73. The largest absolute Gasteiger partial charge is 0.349 e. The van der Waals surface area contributed by atoms with E-state index in [4.69, 9.17) is 4.99 Å². The van der Waals surface area contributed by atoms with Gasteiger partial charge in [-0.3, -0.25) is 14.6 Å². The molecule has 1 N–H and O–H groups in total. The monoisotopic (exact) mass is 467 g/mol. The molecule has 2 atom stereocenters. The third-order valence-electron chi connectivity index (χ3n) is 6.14. The Bertz CT molecular complexity index is 1240. The van der Waals surface area contributed by atoms with Crippen LogP contribution in [0.15, 0.2) is 83.9 Å². The minimum atomic E-state index is -0.825. The van der Waals surface area contributed by atoms with E-state index in [-0.39, 0.29) is 11.8 Å². The van der Waals surface area contributed by atoms with Gasteiger partial charge in [0.2, 0.25) is 5.91 Å². The summed E-state index contributed by atoms with van der Waals surface area (Å²) in [6, 6.07) is 23.9. The molecule has 2 unspecified atom stereocenters. The zero-order chi connectivity index (χ0) is 25.2. The lowest BCUT2D eigenvalue weighted by Crippen LogP contribution is -2.53. The lowest BCUT2D eigenvalue weighted by molar-refractivity contribution is -0.127. The highest BCUT2D eigenvalue weighted by Crippen LogP contribution is 2.38. The lowest BCUT2D eigenvalue weighted by Gasteiger charge is -2.38. The number of hydrogen-bond acceptors (Lipinski definition) is 3. The first-order chi connectivity index (χ1) is 16.7. The Balaban J connectivity index is 1.96. The van der Waals surface area contributed by atoms with Crippen molar-refractivity contribution in [2.45, 2.75) is 58.7 Å². The molecule has 0 fully saturated rings. The number of nitrogens with zero attached hydrogens (tertiary/aromatic N) is 2. The van der Waals surface area contributed by atoms with Crippen LogP contribution in [0, 0.1) is 6.92 Å². The Morgan fingerprint density at radius 2 is 1.54 bits per heavy atom. The molecule has 1 aliphatic rings. The van der Waals surface area contributed by atoms with E-state index in [1.807, 2.05) is 113 Å². The van der Waals surface area contributed by atoms with Crippen molar-refractivity contribution < 1.29 is 9.59 Å². The normalized spacial score (nSPS) is 17.7. The zero-order valence-corrected chi connectivity index (χ0v) is 21.1. The Morgan fingerprint density at radius 3 is 2.17 bits per heavy atom. The quantitative estimate of drug-likeness (QED) is 0.511. The van der Waals surface area contributed by atoms with Crippen LogP contribution in [0.4, 0.5) is 5.69 Å². The number of para-hydroxylation sites is 1. The van der Waals surface area contributed by atoms with Gasteiger partial charge in [-0.25, -0.2) is 0 Å². The van der Waals surface area contributed by atoms with Crippen LogP contribution >= 0.6 is 0 Å². The van der Waals surface area contributed by atoms with Crippen molar-refractivity contribution in [3.05, 3.63) is 101 Å². The minimum absolute atomic E-state index is 0.189. The number of benzene rings is 3. The molecule has 0 aromatic heterocycles. The first kappa shape index (κ1) is 24.4. The van der Waals surface area contributed by atoms with E-state index in [2.05, 4.69) is 5.32 Å². The molecule has 5 nitrogen and oxygen atoms in total. The van der Waals surface area contributed by atoms with Gasteiger partial charge in [-0.15, -0.1) is 0 Å². The topological polar surface area (TPSA) is 61.8 Å². The number of nitrogens with one attached hydrogen (secondary N) is 1. The Labute approximate surface area is 207 Å². The minimum Gasteiger partial charge on any atom is -0.349 e. The third-order valence-corrected chi connectivity index (χ3v) is 6.14. The van der Waals surface area contributed by atoms with Gasteiger partial charge in [0.25, 0.3) is 5.91 Å². The average Bonchev–Trinajstić information content (AvgIpc) is 2.98. The van der Waals surface area contributed by atoms with Crippen molar-refractivity contribution in [1.82, 2.24) is 10.2 Å². The van der Waals surface area contributed by atoms with Crippen molar-refractivity contribution >= 4 is 23.2 Å². The molecule has 180 valence electrons. The van der Waals surface area contributed by atoms with E-state index < -0.39 is 17.6 Å². The van der Waals surface area contributed by atoms with Gasteiger partial charge in [0.1, 0.15) is 6.04 Å². The Kier molecular flexibility index (Phi) is 6.88. The fourth-order valence-electron chi connectivity index (χ4n) is 4.55. The zero-order valence-electron chi connectivity index (χ0n) is 21.1. The molecule has 0 spiro atoms. The summed E-state index contributed by atoms with van der Waals surface area (Å²) in [6.45, 7) is 9.87. The molecule has 0 radical (unpaired) electrons. The van der Waals surface area contributed by atoms with Crippen molar-refractivity contribution in [3.8, 4) is 0 Å².